The highest BCUT2D eigenvalue weighted by molar-refractivity contribution is 5.97. The lowest BCUT2D eigenvalue weighted by molar-refractivity contribution is -0.136. The van der Waals surface area contributed by atoms with E-state index in [-0.39, 0.29) is 17.9 Å². The van der Waals surface area contributed by atoms with Gasteiger partial charge in [-0.1, -0.05) is 18.2 Å². The Kier molecular flexibility index (Phi) is 5.14. The largest absolute Gasteiger partial charge is 0.341 e. The summed E-state index contributed by atoms with van der Waals surface area (Å²) in [5.74, 6) is 0.492. The molecule has 0 saturated carbocycles. The fourth-order valence-corrected chi connectivity index (χ4v) is 3.08. The number of hydrogen-bond donors (Lipinski definition) is 2. The van der Waals surface area contributed by atoms with Gasteiger partial charge in [0.15, 0.2) is 0 Å². The maximum absolute atomic E-state index is 12.9. The van der Waals surface area contributed by atoms with Gasteiger partial charge in [-0.15, -0.1) is 0 Å². The Labute approximate surface area is 147 Å². The van der Waals surface area contributed by atoms with Gasteiger partial charge in [0.25, 0.3) is 5.91 Å². The number of nitrogens with one attached hydrogen (secondary N) is 2. The Morgan fingerprint density at radius 1 is 1.32 bits per heavy atom. The summed E-state index contributed by atoms with van der Waals surface area (Å²) in [7, 11) is 1.92. The quantitative estimate of drug-likeness (QED) is 0.858. The standard InChI is InChI=1S/C18H23N5O2/c1-13(21-17(24)14-6-4-3-5-7-14)18(25)23-11-8-19-12-15(23)16-20-9-10-22(16)2/h3-7,9-10,13,15,19H,8,11-12H2,1-2H3,(H,21,24). The van der Waals surface area contributed by atoms with E-state index in [0.717, 1.165) is 12.4 Å². The number of aromatic nitrogens is 2. The Morgan fingerprint density at radius 2 is 2.08 bits per heavy atom. The van der Waals surface area contributed by atoms with Gasteiger partial charge in [-0.05, 0) is 19.1 Å². The molecule has 3 rings (SSSR count). The smallest absolute Gasteiger partial charge is 0.251 e. The SMILES string of the molecule is CC(NC(=O)c1ccccc1)C(=O)N1CCNCC1c1nccn1C. The molecule has 1 aliphatic heterocycles. The van der Waals surface area contributed by atoms with Crippen molar-refractivity contribution < 1.29 is 9.59 Å². The number of carbonyl (C=O) groups excluding carboxylic acids is 2. The van der Waals surface area contributed by atoms with Crippen LogP contribution < -0.4 is 10.6 Å². The van der Waals surface area contributed by atoms with Crippen LogP contribution >= 0.6 is 0 Å². The molecule has 2 heterocycles. The van der Waals surface area contributed by atoms with Gasteiger partial charge in [0.1, 0.15) is 17.9 Å². The van der Waals surface area contributed by atoms with Crippen LogP contribution in [-0.2, 0) is 11.8 Å². The summed E-state index contributed by atoms with van der Waals surface area (Å²) in [6, 6.07) is 8.17. The monoisotopic (exact) mass is 341 g/mol. The number of piperazine rings is 1. The molecule has 7 nitrogen and oxygen atoms in total. The van der Waals surface area contributed by atoms with Crippen molar-refractivity contribution in [2.45, 2.75) is 19.0 Å². The minimum atomic E-state index is -0.603. The highest BCUT2D eigenvalue weighted by atomic mass is 16.2. The number of rotatable bonds is 4. The van der Waals surface area contributed by atoms with Gasteiger partial charge in [-0.25, -0.2) is 4.98 Å². The molecule has 2 atom stereocenters. The van der Waals surface area contributed by atoms with E-state index in [9.17, 15) is 9.59 Å². The maximum atomic E-state index is 12.9. The lowest BCUT2D eigenvalue weighted by atomic mass is 10.1. The maximum Gasteiger partial charge on any atom is 0.251 e. The fraction of sp³-hybridized carbons (Fsp3) is 0.389. The third-order valence-corrected chi connectivity index (χ3v) is 4.44. The zero-order chi connectivity index (χ0) is 17.8. The second-order valence-electron chi connectivity index (χ2n) is 6.21. The van der Waals surface area contributed by atoms with Crippen molar-refractivity contribution >= 4 is 11.8 Å². The summed E-state index contributed by atoms with van der Waals surface area (Å²) in [6.07, 6.45) is 3.60. The molecule has 1 fully saturated rings. The molecule has 2 unspecified atom stereocenters. The molecule has 1 aliphatic rings. The van der Waals surface area contributed by atoms with E-state index in [0.29, 0.717) is 18.7 Å². The van der Waals surface area contributed by atoms with Gasteiger partial charge >= 0.3 is 0 Å². The summed E-state index contributed by atoms with van der Waals surface area (Å²) < 4.78 is 1.92. The minimum absolute atomic E-state index is 0.0984. The number of hydrogen-bond acceptors (Lipinski definition) is 4. The van der Waals surface area contributed by atoms with Crippen molar-refractivity contribution in [3.63, 3.8) is 0 Å². The van der Waals surface area contributed by atoms with Crippen LogP contribution in [0.3, 0.4) is 0 Å². The molecule has 1 saturated heterocycles. The number of nitrogens with zero attached hydrogens (tertiary/aromatic N) is 3. The molecule has 0 spiro atoms. The summed E-state index contributed by atoms with van der Waals surface area (Å²) >= 11 is 0. The van der Waals surface area contributed by atoms with E-state index in [4.69, 9.17) is 0 Å². The Bertz CT molecular complexity index is 743. The molecule has 1 aromatic heterocycles. The van der Waals surface area contributed by atoms with Crippen LogP contribution in [0.2, 0.25) is 0 Å². The van der Waals surface area contributed by atoms with Crippen LogP contribution in [0.4, 0.5) is 0 Å². The van der Waals surface area contributed by atoms with Crippen LogP contribution in [0.15, 0.2) is 42.7 Å². The van der Waals surface area contributed by atoms with Crippen molar-refractivity contribution in [1.29, 1.82) is 0 Å². The molecule has 0 radical (unpaired) electrons. The van der Waals surface area contributed by atoms with Crippen LogP contribution in [-0.4, -0.2) is 51.9 Å². The second-order valence-corrected chi connectivity index (χ2v) is 6.21. The lowest BCUT2D eigenvalue weighted by Crippen LogP contribution is -2.54. The summed E-state index contributed by atoms with van der Waals surface area (Å²) in [5, 5.41) is 6.10. The molecule has 25 heavy (non-hydrogen) atoms. The summed E-state index contributed by atoms with van der Waals surface area (Å²) in [4.78, 5) is 31.4. The van der Waals surface area contributed by atoms with Crippen LogP contribution in [0.1, 0.15) is 29.1 Å². The number of imidazole rings is 1. The van der Waals surface area contributed by atoms with Crippen LogP contribution in [0.5, 0.6) is 0 Å². The van der Waals surface area contributed by atoms with Crippen molar-refractivity contribution in [1.82, 2.24) is 25.1 Å². The predicted molar refractivity (Wildman–Crippen MR) is 93.9 cm³/mol. The fourth-order valence-electron chi connectivity index (χ4n) is 3.08. The Balaban J connectivity index is 1.71. The first kappa shape index (κ1) is 17.2. The van der Waals surface area contributed by atoms with Crippen molar-refractivity contribution in [3.05, 3.63) is 54.1 Å². The van der Waals surface area contributed by atoms with E-state index in [2.05, 4.69) is 15.6 Å². The van der Waals surface area contributed by atoms with Gasteiger partial charge in [0.2, 0.25) is 5.91 Å². The molecule has 2 aromatic rings. The van der Waals surface area contributed by atoms with Gasteiger partial charge in [-0.3, -0.25) is 9.59 Å². The third kappa shape index (κ3) is 3.71. The number of benzene rings is 1. The molecule has 7 heteroatoms. The molecular formula is C18H23N5O2. The first-order chi connectivity index (χ1) is 12.1. The van der Waals surface area contributed by atoms with E-state index >= 15 is 0 Å². The molecule has 1 aromatic carbocycles. The molecule has 0 aliphatic carbocycles. The highest BCUT2D eigenvalue weighted by Gasteiger charge is 2.33. The van der Waals surface area contributed by atoms with E-state index in [1.54, 1.807) is 42.3 Å². The first-order valence-electron chi connectivity index (χ1n) is 8.42. The van der Waals surface area contributed by atoms with E-state index in [1.807, 2.05) is 23.9 Å². The van der Waals surface area contributed by atoms with Crippen molar-refractivity contribution in [2.24, 2.45) is 7.05 Å². The number of amides is 2. The van der Waals surface area contributed by atoms with E-state index < -0.39 is 6.04 Å². The van der Waals surface area contributed by atoms with Crippen LogP contribution in [0, 0.1) is 0 Å². The van der Waals surface area contributed by atoms with Gasteiger partial charge in [0, 0.05) is 44.6 Å². The molecule has 2 amide bonds. The summed E-state index contributed by atoms with van der Waals surface area (Å²) in [5.41, 5.74) is 0.545. The Hall–Kier alpha value is -2.67. The normalized spacial score (nSPS) is 18.6. The number of carbonyl (C=O) groups is 2. The van der Waals surface area contributed by atoms with Gasteiger partial charge < -0.3 is 20.1 Å². The first-order valence-corrected chi connectivity index (χ1v) is 8.42. The zero-order valence-corrected chi connectivity index (χ0v) is 14.5. The van der Waals surface area contributed by atoms with Crippen molar-refractivity contribution in [2.75, 3.05) is 19.6 Å². The number of aryl methyl sites for hydroxylation is 1. The molecule has 0 bridgehead atoms. The Morgan fingerprint density at radius 3 is 2.76 bits per heavy atom. The van der Waals surface area contributed by atoms with Crippen molar-refractivity contribution in [3.8, 4) is 0 Å². The topological polar surface area (TPSA) is 79.3 Å². The van der Waals surface area contributed by atoms with E-state index in [1.165, 1.54) is 0 Å². The average molecular weight is 341 g/mol. The lowest BCUT2D eigenvalue weighted by Gasteiger charge is -2.37. The second kappa shape index (κ2) is 7.48. The molecule has 2 N–H and O–H groups in total. The summed E-state index contributed by atoms with van der Waals surface area (Å²) in [6.45, 7) is 3.69. The average Bonchev–Trinajstić information content (AvgIpc) is 3.07. The minimum Gasteiger partial charge on any atom is -0.341 e. The third-order valence-electron chi connectivity index (χ3n) is 4.44. The van der Waals surface area contributed by atoms with Crippen LogP contribution in [0.25, 0.3) is 0 Å². The zero-order valence-electron chi connectivity index (χ0n) is 14.5. The molecule has 132 valence electrons. The molecular weight excluding hydrogens is 318 g/mol. The predicted octanol–water partition coefficient (Wildman–Crippen LogP) is 0.712. The highest BCUT2D eigenvalue weighted by Crippen LogP contribution is 2.21. The van der Waals surface area contributed by atoms with Gasteiger partial charge in [0.05, 0.1) is 0 Å². The van der Waals surface area contributed by atoms with Gasteiger partial charge in [-0.2, -0.15) is 0 Å².